The zero-order valence-corrected chi connectivity index (χ0v) is 8.58. The Hall–Kier alpha value is -1.57. The highest BCUT2D eigenvalue weighted by Crippen LogP contribution is 2.18. The van der Waals surface area contributed by atoms with E-state index in [2.05, 4.69) is 20.4 Å². The van der Waals surface area contributed by atoms with Gasteiger partial charge in [0.25, 0.3) is 0 Å². The molecule has 0 unspecified atom stereocenters. The Morgan fingerprint density at radius 2 is 1.79 bits per heavy atom. The molecule has 14 heavy (non-hydrogen) atoms. The molecule has 2 heteroatoms. The number of primary amides is 1. The zero-order valence-electron chi connectivity index (χ0n) is 8.58. The van der Waals surface area contributed by atoms with Crippen molar-refractivity contribution in [1.29, 1.82) is 0 Å². The van der Waals surface area contributed by atoms with Gasteiger partial charge in [-0.25, -0.2) is 0 Å². The number of carbonyl (C=O) groups is 1. The fourth-order valence-electron chi connectivity index (χ4n) is 1.21. The first-order valence-corrected chi connectivity index (χ1v) is 4.61. The van der Waals surface area contributed by atoms with Crippen molar-refractivity contribution in [2.75, 3.05) is 0 Å². The van der Waals surface area contributed by atoms with Gasteiger partial charge in [-0.3, -0.25) is 4.79 Å². The molecule has 2 N–H and O–H groups in total. The second kappa shape index (κ2) is 4.09. The lowest BCUT2D eigenvalue weighted by molar-refractivity contribution is -0.112. The molecule has 1 aromatic rings. The van der Waals surface area contributed by atoms with Crippen LogP contribution in [-0.2, 0) is 4.79 Å². The smallest absolute Gasteiger partial charge is 0.248 e. The molecule has 0 saturated heterocycles. The maximum atomic E-state index is 10.8. The molecule has 1 aromatic carbocycles. The average molecular weight is 189 g/mol. The number of rotatable bonds is 3. The molecule has 0 fully saturated rings. The highest BCUT2D eigenvalue weighted by molar-refractivity contribution is 6.17. The minimum absolute atomic E-state index is 0.361. The van der Waals surface area contributed by atoms with Crippen molar-refractivity contribution in [1.82, 2.24) is 0 Å². The SMILES string of the molecule is C=C(C(N)=O)c1ccc(C(C)C)cc1. The van der Waals surface area contributed by atoms with Crippen molar-refractivity contribution < 1.29 is 4.79 Å². The number of hydrogen-bond acceptors (Lipinski definition) is 1. The van der Waals surface area contributed by atoms with E-state index in [0.29, 0.717) is 11.5 Å². The first-order chi connectivity index (χ1) is 6.52. The summed E-state index contributed by atoms with van der Waals surface area (Å²) in [7, 11) is 0. The Morgan fingerprint density at radius 3 is 2.14 bits per heavy atom. The molecule has 0 heterocycles. The van der Waals surface area contributed by atoms with E-state index < -0.39 is 5.91 Å². The van der Waals surface area contributed by atoms with Crippen molar-refractivity contribution in [2.45, 2.75) is 19.8 Å². The summed E-state index contributed by atoms with van der Waals surface area (Å²) in [6.07, 6.45) is 0. The minimum atomic E-state index is -0.470. The van der Waals surface area contributed by atoms with Crippen molar-refractivity contribution in [3.05, 3.63) is 42.0 Å². The van der Waals surface area contributed by atoms with Gasteiger partial charge in [-0.2, -0.15) is 0 Å². The number of benzene rings is 1. The average Bonchev–Trinajstić information content (AvgIpc) is 2.16. The van der Waals surface area contributed by atoms with Crippen molar-refractivity contribution in [2.24, 2.45) is 5.73 Å². The molecule has 0 aliphatic carbocycles. The third-order valence-corrected chi connectivity index (χ3v) is 2.22. The standard InChI is InChI=1S/C12H15NO/c1-8(2)10-4-6-11(7-5-10)9(3)12(13)14/h4-8H,3H2,1-2H3,(H2,13,14). The largest absolute Gasteiger partial charge is 0.366 e. The van der Waals surface area contributed by atoms with Gasteiger partial charge in [0.15, 0.2) is 0 Å². The summed E-state index contributed by atoms with van der Waals surface area (Å²) in [5, 5.41) is 0. The first-order valence-electron chi connectivity index (χ1n) is 4.61. The van der Waals surface area contributed by atoms with Crippen LogP contribution in [0.1, 0.15) is 30.9 Å². The van der Waals surface area contributed by atoms with Gasteiger partial charge in [0.05, 0.1) is 0 Å². The normalized spacial score (nSPS) is 10.2. The predicted octanol–water partition coefficient (Wildman–Crippen LogP) is 2.31. The first kappa shape index (κ1) is 10.5. The third kappa shape index (κ3) is 2.22. The van der Waals surface area contributed by atoms with Crippen LogP contribution >= 0.6 is 0 Å². The quantitative estimate of drug-likeness (QED) is 0.728. The summed E-state index contributed by atoms with van der Waals surface area (Å²) in [5.41, 5.74) is 7.52. The molecular formula is C12H15NO. The van der Waals surface area contributed by atoms with Gasteiger partial charge in [0, 0.05) is 5.57 Å². The highest BCUT2D eigenvalue weighted by Gasteiger charge is 2.05. The fourth-order valence-corrected chi connectivity index (χ4v) is 1.21. The lowest BCUT2D eigenvalue weighted by atomic mass is 9.99. The second-order valence-corrected chi connectivity index (χ2v) is 3.62. The minimum Gasteiger partial charge on any atom is -0.366 e. The van der Waals surface area contributed by atoms with Crippen LogP contribution in [0.5, 0.6) is 0 Å². The van der Waals surface area contributed by atoms with E-state index in [0.717, 1.165) is 5.56 Å². The molecule has 0 radical (unpaired) electrons. The van der Waals surface area contributed by atoms with Crippen LogP contribution in [0.3, 0.4) is 0 Å². The van der Waals surface area contributed by atoms with Gasteiger partial charge < -0.3 is 5.73 Å². The molecule has 1 amide bonds. The third-order valence-electron chi connectivity index (χ3n) is 2.22. The van der Waals surface area contributed by atoms with E-state index in [1.807, 2.05) is 24.3 Å². The van der Waals surface area contributed by atoms with Crippen LogP contribution in [0.4, 0.5) is 0 Å². The van der Waals surface area contributed by atoms with E-state index >= 15 is 0 Å². The number of hydrogen-bond donors (Lipinski definition) is 1. The Morgan fingerprint density at radius 1 is 1.29 bits per heavy atom. The summed E-state index contributed by atoms with van der Waals surface area (Å²) in [5.74, 6) is 0.0215. The van der Waals surface area contributed by atoms with Gasteiger partial charge in [0.2, 0.25) is 5.91 Å². The van der Waals surface area contributed by atoms with Crippen molar-refractivity contribution >= 4 is 11.5 Å². The monoisotopic (exact) mass is 189 g/mol. The Bertz CT molecular complexity index is 349. The maximum absolute atomic E-state index is 10.8. The van der Waals surface area contributed by atoms with Crippen LogP contribution in [0.25, 0.3) is 5.57 Å². The zero-order chi connectivity index (χ0) is 10.7. The van der Waals surface area contributed by atoms with Gasteiger partial charge >= 0.3 is 0 Å². The molecule has 2 nitrogen and oxygen atoms in total. The molecule has 0 aliphatic rings. The summed E-state index contributed by atoms with van der Waals surface area (Å²) < 4.78 is 0. The summed E-state index contributed by atoms with van der Waals surface area (Å²) in [6, 6.07) is 7.74. The molecule has 0 aromatic heterocycles. The lowest BCUT2D eigenvalue weighted by Gasteiger charge is -2.06. The summed E-state index contributed by atoms with van der Waals surface area (Å²) in [6.45, 7) is 7.87. The summed E-state index contributed by atoms with van der Waals surface area (Å²) in [4.78, 5) is 10.8. The topological polar surface area (TPSA) is 43.1 Å². The van der Waals surface area contributed by atoms with Gasteiger partial charge in [0.1, 0.15) is 0 Å². The highest BCUT2D eigenvalue weighted by atomic mass is 16.1. The fraction of sp³-hybridized carbons (Fsp3) is 0.250. The predicted molar refractivity (Wildman–Crippen MR) is 58.8 cm³/mol. The molecule has 0 saturated carbocycles. The molecule has 74 valence electrons. The maximum Gasteiger partial charge on any atom is 0.248 e. The van der Waals surface area contributed by atoms with Gasteiger partial charge in [-0.15, -0.1) is 0 Å². The molecule has 0 atom stereocenters. The van der Waals surface area contributed by atoms with Crippen LogP contribution in [-0.4, -0.2) is 5.91 Å². The van der Waals surface area contributed by atoms with E-state index in [1.54, 1.807) is 0 Å². The Labute approximate surface area is 84.4 Å². The molecular weight excluding hydrogens is 174 g/mol. The van der Waals surface area contributed by atoms with Crippen molar-refractivity contribution in [3.8, 4) is 0 Å². The Kier molecular flexibility index (Phi) is 3.07. The van der Waals surface area contributed by atoms with Gasteiger partial charge in [-0.1, -0.05) is 44.7 Å². The summed E-state index contributed by atoms with van der Waals surface area (Å²) >= 11 is 0. The van der Waals surface area contributed by atoms with Crippen LogP contribution in [0, 0.1) is 0 Å². The number of carbonyl (C=O) groups excluding carboxylic acids is 1. The van der Waals surface area contributed by atoms with E-state index in [-0.39, 0.29) is 0 Å². The van der Waals surface area contributed by atoms with E-state index in [4.69, 9.17) is 5.73 Å². The molecule has 0 spiro atoms. The number of amides is 1. The second-order valence-electron chi connectivity index (χ2n) is 3.62. The number of nitrogens with two attached hydrogens (primary N) is 1. The van der Waals surface area contributed by atoms with Gasteiger partial charge in [-0.05, 0) is 17.0 Å². The molecule has 1 rings (SSSR count). The Balaban J connectivity index is 2.94. The van der Waals surface area contributed by atoms with Crippen molar-refractivity contribution in [3.63, 3.8) is 0 Å². The molecule has 0 bridgehead atoms. The lowest BCUT2D eigenvalue weighted by Crippen LogP contribution is -2.11. The van der Waals surface area contributed by atoms with Crippen LogP contribution in [0.2, 0.25) is 0 Å². The van der Waals surface area contributed by atoms with Crippen LogP contribution < -0.4 is 5.73 Å². The molecule has 0 aliphatic heterocycles. The van der Waals surface area contributed by atoms with Crippen LogP contribution in [0.15, 0.2) is 30.8 Å². The van der Waals surface area contributed by atoms with E-state index in [1.165, 1.54) is 5.56 Å². The van der Waals surface area contributed by atoms with E-state index in [9.17, 15) is 4.79 Å².